The summed E-state index contributed by atoms with van der Waals surface area (Å²) in [6.07, 6.45) is -0.101. The largest absolute Gasteiger partial charge is 0.481 e. The molecule has 1 N–H and O–H groups in total. The Hall–Kier alpha value is -1.32. The number of aromatic nitrogens is 1. The Morgan fingerprint density at radius 2 is 1.94 bits per heavy atom. The summed E-state index contributed by atoms with van der Waals surface area (Å²) < 4.78 is 0. The minimum Gasteiger partial charge on any atom is -0.481 e. The van der Waals surface area contributed by atoms with E-state index in [1.54, 1.807) is 24.3 Å². The Morgan fingerprint density at radius 3 is 2.62 bits per heavy atom. The van der Waals surface area contributed by atoms with Crippen molar-refractivity contribution < 1.29 is 9.90 Å². The summed E-state index contributed by atoms with van der Waals surface area (Å²) in [4.78, 5) is 14.7. The maximum Gasteiger partial charge on any atom is 0.309 e. The number of benzene rings is 1. The van der Waals surface area contributed by atoms with Gasteiger partial charge in [0.05, 0.1) is 27.7 Å². The van der Waals surface area contributed by atoms with Gasteiger partial charge in [-0.2, -0.15) is 0 Å². The smallest absolute Gasteiger partial charge is 0.309 e. The molecule has 0 bridgehead atoms. The second kappa shape index (κ2) is 4.28. The van der Waals surface area contributed by atoms with Crippen molar-refractivity contribution in [3.63, 3.8) is 0 Å². The fourth-order valence-corrected chi connectivity index (χ4v) is 1.74. The highest BCUT2D eigenvalue weighted by Gasteiger charge is 2.05. The van der Waals surface area contributed by atoms with Crippen LogP contribution in [0.1, 0.15) is 5.69 Å². The van der Waals surface area contributed by atoms with Gasteiger partial charge in [-0.25, -0.2) is 0 Å². The Kier molecular flexibility index (Phi) is 2.99. The number of carbonyl (C=O) groups is 1. The lowest BCUT2D eigenvalue weighted by atomic mass is 10.2. The molecular formula is C11H7Cl2NO2. The molecule has 16 heavy (non-hydrogen) atoms. The van der Waals surface area contributed by atoms with Crippen LogP contribution in [0.3, 0.4) is 0 Å². The standard InChI is InChI=1S/C11H7Cl2NO2/c12-8-3-6-1-2-7(4-11(15)16)14-10(6)5-9(8)13/h1-3,5H,4H2,(H,15,16). The number of rotatable bonds is 2. The highest BCUT2D eigenvalue weighted by molar-refractivity contribution is 6.42. The molecule has 0 unspecified atom stereocenters. The van der Waals surface area contributed by atoms with Crippen molar-refractivity contribution in [1.29, 1.82) is 0 Å². The van der Waals surface area contributed by atoms with E-state index in [2.05, 4.69) is 4.98 Å². The second-order valence-corrected chi connectivity index (χ2v) is 4.15. The number of aliphatic carboxylic acids is 1. The normalized spacial score (nSPS) is 10.6. The number of hydrogen-bond donors (Lipinski definition) is 1. The molecule has 0 fully saturated rings. The molecule has 1 aromatic heterocycles. The summed E-state index contributed by atoms with van der Waals surface area (Å²) in [7, 11) is 0. The first kappa shape index (κ1) is 11.2. The summed E-state index contributed by atoms with van der Waals surface area (Å²) in [6, 6.07) is 6.78. The van der Waals surface area contributed by atoms with E-state index in [-0.39, 0.29) is 6.42 Å². The van der Waals surface area contributed by atoms with Crippen molar-refractivity contribution in [2.75, 3.05) is 0 Å². The van der Waals surface area contributed by atoms with Crippen LogP contribution < -0.4 is 0 Å². The van der Waals surface area contributed by atoms with Gasteiger partial charge in [-0.3, -0.25) is 9.78 Å². The van der Waals surface area contributed by atoms with Crippen molar-refractivity contribution in [3.8, 4) is 0 Å². The van der Waals surface area contributed by atoms with Crippen molar-refractivity contribution in [2.45, 2.75) is 6.42 Å². The first-order chi connectivity index (χ1) is 7.56. The molecule has 0 atom stereocenters. The van der Waals surface area contributed by atoms with E-state index >= 15 is 0 Å². The molecule has 2 aromatic rings. The molecule has 1 heterocycles. The van der Waals surface area contributed by atoms with Gasteiger partial charge in [0.15, 0.2) is 0 Å². The molecule has 0 aliphatic heterocycles. The van der Waals surface area contributed by atoms with Crippen molar-refractivity contribution in [2.24, 2.45) is 0 Å². The fourth-order valence-electron chi connectivity index (χ4n) is 1.41. The lowest BCUT2D eigenvalue weighted by molar-refractivity contribution is -0.136. The summed E-state index contributed by atoms with van der Waals surface area (Å²) in [5.74, 6) is -0.910. The SMILES string of the molecule is O=C(O)Cc1ccc2cc(Cl)c(Cl)cc2n1. The van der Waals surface area contributed by atoms with Crippen LogP contribution in [0.5, 0.6) is 0 Å². The van der Waals surface area contributed by atoms with Gasteiger partial charge in [0, 0.05) is 5.39 Å². The monoisotopic (exact) mass is 255 g/mol. The minimum absolute atomic E-state index is 0.101. The predicted molar refractivity (Wildman–Crippen MR) is 63.1 cm³/mol. The molecule has 5 heteroatoms. The highest BCUT2D eigenvalue weighted by Crippen LogP contribution is 2.26. The van der Waals surface area contributed by atoms with Gasteiger partial charge in [0.2, 0.25) is 0 Å². The Labute approximate surface area is 102 Å². The predicted octanol–water partition coefficient (Wildman–Crippen LogP) is 3.17. The second-order valence-electron chi connectivity index (χ2n) is 3.33. The molecule has 0 saturated heterocycles. The first-order valence-electron chi connectivity index (χ1n) is 4.53. The Bertz CT molecular complexity index is 569. The number of pyridine rings is 1. The van der Waals surface area contributed by atoms with E-state index in [1.165, 1.54) is 0 Å². The topological polar surface area (TPSA) is 50.2 Å². The van der Waals surface area contributed by atoms with E-state index in [0.717, 1.165) is 5.39 Å². The van der Waals surface area contributed by atoms with Gasteiger partial charge >= 0.3 is 5.97 Å². The lowest BCUT2D eigenvalue weighted by Gasteiger charge is -2.02. The number of hydrogen-bond acceptors (Lipinski definition) is 2. The molecule has 0 saturated carbocycles. The molecule has 0 radical (unpaired) electrons. The zero-order valence-electron chi connectivity index (χ0n) is 8.08. The van der Waals surface area contributed by atoms with Gasteiger partial charge in [-0.15, -0.1) is 0 Å². The average Bonchev–Trinajstić information content (AvgIpc) is 2.19. The molecule has 0 spiro atoms. The summed E-state index contributed by atoms with van der Waals surface area (Å²) in [5, 5.41) is 10.4. The van der Waals surface area contributed by atoms with Gasteiger partial charge in [-0.05, 0) is 18.2 Å². The van der Waals surface area contributed by atoms with Crippen LogP contribution in [-0.4, -0.2) is 16.1 Å². The van der Waals surface area contributed by atoms with Crippen LogP contribution in [0.2, 0.25) is 10.0 Å². The van der Waals surface area contributed by atoms with Crippen molar-refractivity contribution >= 4 is 40.1 Å². The molecule has 0 amide bonds. The average molecular weight is 256 g/mol. The van der Waals surface area contributed by atoms with E-state index in [1.807, 2.05) is 0 Å². The van der Waals surface area contributed by atoms with E-state index in [0.29, 0.717) is 21.3 Å². The number of halogens is 2. The molecule has 1 aromatic carbocycles. The van der Waals surface area contributed by atoms with E-state index in [4.69, 9.17) is 28.3 Å². The van der Waals surface area contributed by atoms with Crippen LogP contribution in [0.4, 0.5) is 0 Å². The fraction of sp³-hybridized carbons (Fsp3) is 0.0909. The minimum atomic E-state index is -0.910. The molecule has 0 aliphatic carbocycles. The zero-order valence-corrected chi connectivity index (χ0v) is 9.59. The van der Waals surface area contributed by atoms with Gasteiger partial charge in [0.25, 0.3) is 0 Å². The number of carboxylic acid groups (broad SMARTS) is 1. The lowest BCUT2D eigenvalue weighted by Crippen LogP contribution is -2.02. The van der Waals surface area contributed by atoms with Crippen LogP contribution in [0.15, 0.2) is 24.3 Å². The number of carboxylic acids is 1. The van der Waals surface area contributed by atoms with Crippen LogP contribution in [0, 0.1) is 0 Å². The number of fused-ring (bicyclic) bond motifs is 1. The summed E-state index contributed by atoms with van der Waals surface area (Å²) in [6.45, 7) is 0. The van der Waals surface area contributed by atoms with Crippen molar-refractivity contribution in [1.82, 2.24) is 4.98 Å². The van der Waals surface area contributed by atoms with Gasteiger partial charge < -0.3 is 5.11 Å². The van der Waals surface area contributed by atoms with Crippen LogP contribution in [0.25, 0.3) is 10.9 Å². The summed E-state index contributed by atoms with van der Waals surface area (Å²) >= 11 is 11.7. The third-order valence-electron chi connectivity index (χ3n) is 2.12. The summed E-state index contributed by atoms with van der Waals surface area (Å²) in [5.41, 5.74) is 1.14. The quantitative estimate of drug-likeness (QED) is 0.897. The van der Waals surface area contributed by atoms with Gasteiger partial charge in [-0.1, -0.05) is 29.3 Å². The van der Waals surface area contributed by atoms with Crippen LogP contribution in [-0.2, 0) is 11.2 Å². The molecule has 2 rings (SSSR count). The Balaban J connectivity index is 2.53. The third-order valence-corrected chi connectivity index (χ3v) is 2.84. The van der Waals surface area contributed by atoms with Gasteiger partial charge in [0.1, 0.15) is 0 Å². The Morgan fingerprint density at radius 1 is 1.25 bits per heavy atom. The van der Waals surface area contributed by atoms with E-state index in [9.17, 15) is 4.79 Å². The molecule has 82 valence electrons. The maximum absolute atomic E-state index is 10.5. The van der Waals surface area contributed by atoms with Crippen molar-refractivity contribution in [3.05, 3.63) is 40.0 Å². The van der Waals surface area contributed by atoms with E-state index < -0.39 is 5.97 Å². The third kappa shape index (κ3) is 2.26. The van der Waals surface area contributed by atoms with Crippen LogP contribution >= 0.6 is 23.2 Å². The first-order valence-corrected chi connectivity index (χ1v) is 5.28. The highest BCUT2D eigenvalue weighted by atomic mass is 35.5. The molecule has 0 aliphatic rings. The molecule has 3 nitrogen and oxygen atoms in total. The molecular weight excluding hydrogens is 249 g/mol. The maximum atomic E-state index is 10.5. The zero-order chi connectivity index (χ0) is 11.7. The number of nitrogens with zero attached hydrogens (tertiary/aromatic N) is 1.